The lowest BCUT2D eigenvalue weighted by Crippen LogP contribution is -2.30. The maximum atomic E-state index is 13.4. The van der Waals surface area contributed by atoms with Crippen molar-refractivity contribution in [1.29, 1.82) is 0 Å². The summed E-state index contributed by atoms with van der Waals surface area (Å²) in [5.74, 6) is -2.58. The maximum absolute atomic E-state index is 13.4. The molecule has 0 unspecified atom stereocenters. The largest absolute Gasteiger partial charge is 0.501 e. The monoisotopic (exact) mass is 406 g/mol. The number of hydrogen-bond acceptors (Lipinski definition) is 6. The zero-order valence-electron chi connectivity index (χ0n) is 15.5. The Balaban J connectivity index is 1.85. The number of carbonyl (C=O) groups is 2. The van der Waals surface area contributed by atoms with Gasteiger partial charge in [0.05, 0.1) is 0 Å². The van der Waals surface area contributed by atoms with Crippen molar-refractivity contribution in [3.05, 3.63) is 51.2 Å². The Bertz CT molecular complexity index is 1030. The summed E-state index contributed by atoms with van der Waals surface area (Å²) in [5, 5.41) is 15.4. The first kappa shape index (κ1) is 19.9. The molecule has 10 heteroatoms. The number of amides is 2. The predicted octanol–water partition coefficient (Wildman–Crippen LogP) is 1.26. The quantitative estimate of drug-likeness (QED) is 0.659. The second-order valence-electron chi connectivity index (χ2n) is 6.91. The fourth-order valence-corrected chi connectivity index (χ4v) is 3.95. The molecule has 3 rings (SSSR count). The van der Waals surface area contributed by atoms with Crippen molar-refractivity contribution in [1.82, 2.24) is 20.2 Å². The van der Waals surface area contributed by atoms with Gasteiger partial charge in [-0.2, -0.15) is 0 Å². The van der Waals surface area contributed by atoms with Crippen LogP contribution in [-0.2, 0) is 13.1 Å². The third-order valence-corrected chi connectivity index (χ3v) is 5.39. The second-order valence-corrected chi connectivity index (χ2v) is 8.58. The molecule has 1 aliphatic rings. The van der Waals surface area contributed by atoms with E-state index < -0.39 is 28.9 Å². The van der Waals surface area contributed by atoms with Crippen molar-refractivity contribution in [3.8, 4) is 5.75 Å². The first-order chi connectivity index (χ1) is 13.1. The molecule has 0 saturated heterocycles. The first-order valence-electron chi connectivity index (χ1n) is 8.44. The van der Waals surface area contributed by atoms with Crippen molar-refractivity contribution in [2.45, 2.75) is 36.8 Å². The van der Waals surface area contributed by atoms with Gasteiger partial charge in [-0.3, -0.25) is 19.0 Å². The van der Waals surface area contributed by atoms with Gasteiger partial charge in [-0.15, -0.1) is 0 Å². The van der Waals surface area contributed by atoms with E-state index in [9.17, 15) is 23.9 Å². The molecule has 2 heterocycles. The summed E-state index contributed by atoms with van der Waals surface area (Å²) in [6.07, 6.45) is 0. The molecular formula is C18H19FN4O4S. The minimum absolute atomic E-state index is 0.0753. The third kappa shape index (κ3) is 3.72. The van der Waals surface area contributed by atoms with E-state index in [1.807, 2.05) is 13.8 Å². The molecule has 1 aliphatic heterocycles. The topological polar surface area (TPSA) is 113 Å². The SMILES string of the molecule is CNC(=O)c1cc(F)ccc1CNC(=O)c1nc2n(c(=O)c1O)CC(C)(C)S2. The van der Waals surface area contributed by atoms with Crippen LogP contribution >= 0.6 is 11.8 Å². The Morgan fingerprint density at radius 2 is 2.07 bits per heavy atom. The van der Waals surface area contributed by atoms with Crippen LogP contribution in [0.15, 0.2) is 28.2 Å². The molecule has 0 saturated carbocycles. The lowest BCUT2D eigenvalue weighted by Gasteiger charge is -2.12. The molecule has 0 bridgehead atoms. The number of aromatic nitrogens is 2. The van der Waals surface area contributed by atoms with E-state index in [-0.39, 0.29) is 22.5 Å². The fraction of sp³-hybridized carbons (Fsp3) is 0.333. The Kier molecular flexibility index (Phi) is 5.16. The number of rotatable bonds is 4. The highest BCUT2D eigenvalue weighted by Gasteiger charge is 2.34. The number of nitrogens with zero attached hydrogens (tertiary/aromatic N) is 2. The van der Waals surface area contributed by atoms with E-state index in [1.54, 1.807) is 0 Å². The molecule has 148 valence electrons. The minimum Gasteiger partial charge on any atom is -0.501 e. The standard InChI is InChI=1S/C18H19FN4O4S/c1-18(2)8-23-16(27)13(24)12(22-17(23)28-18)15(26)21-7-9-4-5-10(19)6-11(9)14(25)20-3/h4-6,24H,7-8H2,1-3H3,(H,20,25)(H,21,26). The van der Waals surface area contributed by atoms with Gasteiger partial charge in [0.15, 0.2) is 10.9 Å². The molecule has 0 fully saturated rings. The van der Waals surface area contributed by atoms with Gasteiger partial charge in [-0.25, -0.2) is 9.37 Å². The first-order valence-corrected chi connectivity index (χ1v) is 9.26. The number of halogens is 1. The van der Waals surface area contributed by atoms with Gasteiger partial charge < -0.3 is 15.7 Å². The highest BCUT2D eigenvalue weighted by atomic mass is 32.2. The molecule has 1 aromatic carbocycles. The van der Waals surface area contributed by atoms with Crippen LogP contribution in [0.25, 0.3) is 0 Å². The zero-order chi connectivity index (χ0) is 20.6. The summed E-state index contributed by atoms with van der Waals surface area (Å²) in [4.78, 5) is 40.9. The van der Waals surface area contributed by atoms with Crippen molar-refractivity contribution in [2.75, 3.05) is 7.05 Å². The van der Waals surface area contributed by atoms with Crippen LogP contribution in [0.2, 0.25) is 0 Å². The molecule has 3 N–H and O–H groups in total. The highest BCUT2D eigenvalue weighted by Crippen LogP contribution is 2.38. The molecule has 0 atom stereocenters. The second kappa shape index (κ2) is 7.27. The Morgan fingerprint density at radius 3 is 2.75 bits per heavy atom. The Hall–Kier alpha value is -2.88. The number of thioether (sulfide) groups is 1. The summed E-state index contributed by atoms with van der Waals surface area (Å²) in [6.45, 7) is 4.12. The summed E-state index contributed by atoms with van der Waals surface area (Å²) in [7, 11) is 1.41. The van der Waals surface area contributed by atoms with E-state index in [4.69, 9.17) is 0 Å². The number of carbonyl (C=O) groups excluding carboxylic acids is 2. The normalized spacial score (nSPS) is 14.4. The van der Waals surface area contributed by atoms with Gasteiger partial charge in [0.2, 0.25) is 5.75 Å². The molecule has 0 spiro atoms. The van der Waals surface area contributed by atoms with Crippen LogP contribution < -0.4 is 16.2 Å². The lowest BCUT2D eigenvalue weighted by atomic mass is 10.1. The minimum atomic E-state index is -0.768. The molecule has 0 aliphatic carbocycles. The van der Waals surface area contributed by atoms with E-state index in [0.29, 0.717) is 17.3 Å². The lowest BCUT2D eigenvalue weighted by molar-refractivity contribution is 0.0932. The molecule has 1 aromatic heterocycles. The predicted molar refractivity (Wildman–Crippen MR) is 101 cm³/mol. The van der Waals surface area contributed by atoms with Crippen molar-refractivity contribution in [3.63, 3.8) is 0 Å². The maximum Gasteiger partial charge on any atom is 0.297 e. The number of nitrogens with one attached hydrogen (secondary N) is 2. The van der Waals surface area contributed by atoms with Crippen LogP contribution in [0.5, 0.6) is 5.75 Å². The number of hydrogen-bond donors (Lipinski definition) is 3. The smallest absolute Gasteiger partial charge is 0.297 e. The van der Waals surface area contributed by atoms with E-state index in [0.717, 1.165) is 6.07 Å². The van der Waals surface area contributed by atoms with Crippen molar-refractivity contribution >= 4 is 23.6 Å². The fourth-order valence-electron chi connectivity index (χ4n) is 2.87. The summed E-state index contributed by atoms with van der Waals surface area (Å²) in [5.41, 5.74) is -0.612. The van der Waals surface area contributed by atoms with Crippen molar-refractivity contribution in [2.24, 2.45) is 0 Å². The molecule has 2 amide bonds. The van der Waals surface area contributed by atoms with E-state index in [1.165, 1.54) is 35.5 Å². The molecule has 8 nitrogen and oxygen atoms in total. The summed E-state index contributed by atoms with van der Waals surface area (Å²) < 4.78 is 14.5. The number of fused-ring (bicyclic) bond motifs is 1. The number of aromatic hydroxyl groups is 1. The molecule has 28 heavy (non-hydrogen) atoms. The van der Waals surface area contributed by atoms with Gasteiger partial charge in [0, 0.05) is 30.4 Å². The molecule has 0 radical (unpaired) electrons. The molecular weight excluding hydrogens is 387 g/mol. The van der Waals surface area contributed by atoms with Crippen LogP contribution in [0, 0.1) is 5.82 Å². The zero-order valence-corrected chi connectivity index (χ0v) is 16.3. The average Bonchev–Trinajstić information content (AvgIpc) is 2.97. The van der Waals surface area contributed by atoms with Crippen LogP contribution in [0.1, 0.15) is 40.3 Å². The third-order valence-electron chi connectivity index (χ3n) is 4.21. The van der Waals surface area contributed by atoms with E-state index >= 15 is 0 Å². The van der Waals surface area contributed by atoms with Gasteiger partial charge in [-0.1, -0.05) is 17.8 Å². The van der Waals surface area contributed by atoms with Crippen molar-refractivity contribution < 1.29 is 19.1 Å². The van der Waals surface area contributed by atoms with Crippen LogP contribution in [0.3, 0.4) is 0 Å². The number of benzene rings is 1. The van der Waals surface area contributed by atoms with Gasteiger partial charge >= 0.3 is 0 Å². The summed E-state index contributed by atoms with van der Waals surface area (Å²) in [6, 6.07) is 3.62. The highest BCUT2D eigenvalue weighted by molar-refractivity contribution is 8.00. The average molecular weight is 406 g/mol. The van der Waals surface area contributed by atoms with Gasteiger partial charge in [0.1, 0.15) is 5.82 Å². The van der Waals surface area contributed by atoms with Crippen LogP contribution in [-0.4, -0.2) is 38.3 Å². The Morgan fingerprint density at radius 1 is 1.36 bits per heavy atom. The summed E-state index contributed by atoms with van der Waals surface area (Å²) >= 11 is 1.34. The van der Waals surface area contributed by atoms with Gasteiger partial charge in [-0.05, 0) is 31.5 Å². The van der Waals surface area contributed by atoms with Crippen LogP contribution in [0.4, 0.5) is 4.39 Å². The molecule has 2 aromatic rings. The van der Waals surface area contributed by atoms with Gasteiger partial charge in [0.25, 0.3) is 17.4 Å². The Labute approximate surface area is 164 Å². The van der Waals surface area contributed by atoms with E-state index in [2.05, 4.69) is 15.6 Å².